The second-order valence-electron chi connectivity index (χ2n) is 7.29. The van der Waals surface area contributed by atoms with Crippen molar-refractivity contribution in [3.63, 3.8) is 0 Å². The second kappa shape index (κ2) is 9.51. The maximum atomic E-state index is 12.0. The molecule has 2 aliphatic rings. The third-order valence-corrected chi connectivity index (χ3v) is 5.48. The standard InChI is InChI=1S/C18H34N2O2/c1-14-5-3-4-6-17(14)22-12-11-20-18(21)13-15(2)16-7-9-19-10-8-16/h14-17,19H,3-13H2,1-2H3,(H,20,21). The van der Waals surface area contributed by atoms with Crippen LogP contribution < -0.4 is 10.6 Å². The van der Waals surface area contributed by atoms with E-state index < -0.39 is 0 Å². The minimum absolute atomic E-state index is 0.186. The summed E-state index contributed by atoms with van der Waals surface area (Å²) in [5.74, 6) is 2.04. The van der Waals surface area contributed by atoms with Crippen molar-refractivity contribution >= 4 is 5.91 Å². The Morgan fingerprint density at radius 2 is 1.95 bits per heavy atom. The largest absolute Gasteiger partial charge is 0.376 e. The lowest BCUT2D eigenvalue weighted by Crippen LogP contribution is -2.35. The van der Waals surface area contributed by atoms with Crippen molar-refractivity contribution in [1.29, 1.82) is 0 Å². The van der Waals surface area contributed by atoms with E-state index in [0.717, 1.165) is 13.1 Å². The van der Waals surface area contributed by atoms with E-state index >= 15 is 0 Å². The molecule has 0 spiro atoms. The molecule has 2 N–H and O–H groups in total. The Kier molecular flexibility index (Phi) is 7.67. The molecule has 0 aromatic rings. The van der Waals surface area contributed by atoms with Crippen LogP contribution in [-0.4, -0.2) is 38.3 Å². The van der Waals surface area contributed by atoms with Gasteiger partial charge in [0.2, 0.25) is 5.91 Å². The number of ether oxygens (including phenoxy) is 1. The van der Waals surface area contributed by atoms with Crippen LogP contribution in [-0.2, 0) is 9.53 Å². The Hall–Kier alpha value is -0.610. The molecule has 1 aliphatic heterocycles. The smallest absolute Gasteiger partial charge is 0.220 e. The Balaban J connectivity index is 1.55. The van der Waals surface area contributed by atoms with Gasteiger partial charge in [0.15, 0.2) is 0 Å². The molecule has 0 aromatic carbocycles. The van der Waals surface area contributed by atoms with Crippen molar-refractivity contribution < 1.29 is 9.53 Å². The summed E-state index contributed by atoms with van der Waals surface area (Å²) in [5.41, 5.74) is 0. The Morgan fingerprint density at radius 1 is 1.23 bits per heavy atom. The first-order chi connectivity index (χ1) is 10.7. The number of piperidine rings is 1. The molecule has 0 radical (unpaired) electrons. The summed E-state index contributed by atoms with van der Waals surface area (Å²) < 4.78 is 5.94. The van der Waals surface area contributed by atoms with Crippen LogP contribution in [0.25, 0.3) is 0 Å². The molecule has 0 aromatic heterocycles. The summed E-state index contributed by atoms with van der Waals surface area (Å²) in [6.07, 6.45) is 8.56. The van der Waals surface area contributed by atoms with E-state index in [1.807, 2.05) is 0 Å². The molecule has 4 heteroatoms. The summed E-state index contributed by atoms with van der Waals surface area (Å²) in [6.45, 7) is 8.01. The highest BCUT2D eigenvalue weighted by molar-refractivity contribution is 5.76. The summed E-state index contributed by atoms with van der Waals surface area (Å²) in [6, 6.07) is 0. The van der Waals surface area contributed by atoms with Crippen LogP contribution in [0.4, 0.5) is 0 Å². The molecule has 4 nitrogen and oxygen atoms in total. The van der Waals surface area contributed by atoms with Crippen LogP contribution in [0, 0.1) is 17.8 Å². The molecule has 1 heterocycles. The van der Waals surface area contributed by atoms with Crippen LogP contribution in [0.1, 0.15) is 58.8 Å². The number of carbonyl (C=O) groups is 1. The van der Waals surface area contributed by atoms with Crippen molar-refractivity contribution in [2.75, 3.05) is 26.2 Å². The number of nitrogens with one attached hydrogen (secondary N) is 2. The highest BCUT2D eigenvalue weighted by atomic mass is 16.5. The Bertz CT molecular complexity index is 329. The van der Waals surface area contributed by atoms with E-state index in [9.17, 15) is 4.79 Å². The van der Waals surface area contributed by atoms with Gasteiger partial charge in [-0.1, -0.05) is 26.7 Å². The van der Waals surface area contributed by atoms with E-state index in [-0.39, 0.29) is 5.91 Å². The van der Waals surface area contributed by atoms with Crippen LogP contribution >= 0.6 is 0 Å². The number of hydrogen-bond donors (Lipinski definition) is 2. The molecule has 0 bridgehead atoms. The fraction of sp³-hybridized carbons (Fsp3) is 0.944. The van der Waals surface area contributed by atoms with E-state index in [1.165, 1.54) is 38.5 Å². The highest BCUT2D eigenvalue weighted by Crippen LogP contribution is 2.26. The van der Waals surface area contributed by atoms with Gasteiger partial charge in [-0.2, -0.15) is 0 Å². The van der Waals surface area contributed by atoms with Crippen molar-refractivity contribution in [2.45, 2.75) is 64.9 Å². The Labute approximate surface area is 135 Å². The molecule has 1 amide bonds. The highest BCUT2D eigenvalue weighted by Gasteiger charge is 2.23. The molecule has 2 rings (SSSR count). The summed E-state index contributed by atoms with van der Waals surface area (Å²) >= 11 is 0. The van der Waals surface area contributed by atoms with Gasteiger partial charge in [0.1, 0.15) is 0 Å². The molecular formula is C18H34N2O2. The quantitative estimate of drug-likeness (QED) is 0.711. The van der Waals surface area contributed by atoms with Crippen molar-refractivity contribution in [1.82, 2.24) is 10.6 Å². The first-order valence-corrected chi connectivity index (χ1v) is 9.26. The van der Waals surface area contributed by atoms with E-state index in [2.05, 4.69) is 24.5 Å². The number of amides is 1. The van der Waals surface area contributed by atoms with Gasteiger partial charge in [0.25, 0.3) is 0 Å². The van der Waals surface area contributed by atoms with Gasteiger partial charge in [-0.05, 0) is 56.5 Å². The predicted molar refractivity (Wildman–Crippen MR) is 89.8 cm³/mol. The normalized spacial score (nSPS) is 28.3. The second-order valence-corrected chi connectivity index (χ2v) is 7.29. The summed E-state index contributed by atoms with van der Waals surface area (Å²) in [7, 11) is 0. The van der Waals surface area contributed by atoms with Crippen molar-refractivity contribution in [3.8, 4) is 0 Å². The Morgan fingerprint density at radius 3 is 2.68 bits per heavy atom. The lowest BCUT2D eigenvalue weighted by Gasteiger charge is -2.29. The topological polar surface area (TPSA) is 50.4 Å². The molecular weight excluding hydrogens is 276 g/mol. The molecule has 1 aliphatic carbocycles. The average Bonchev–Trinajstić information content (AvgIpc) is 2.54. The fourth-order valence-electron chi connectivity index (χ4n) is 3.88. The van der Waals surface area contributed by atoms with E-state index in [0.29, 0.717) is 43.4 Å². The lowest BCUT2D eigenvalue weighted by atomic mass is 9.84. The molecule has 3 atom stereocenters. The monoisotopic (exact) mass is 310 g/mol. The molecule has 22 heavy (non-hydrogen) atoms. The minimum Gasteiger partial charge on any atom is -0.376 e. The van der Waals surface area contributed by atoms with Gasteiger partial charge in [0.05, 0.1) is 12.7 Å². The number of hydrogen-bond acceptors (Lipinski definition) is 3. The maximum absolute atomic E-state index is 12.0. The first kappa shape index (κ1) is 17.7. The predicted octanol–water partition coefficient (Wildman–Crippen LogP) is 2.72. The van der Waals surface area contributed by atoms with Crippen molar-refractivity contribution in [2.24, 2.45) is 17.8 Å². The fourth-order valence-corrected chi connectivity index (χ4v) is 3.88. The average molecular weight is 310 g/mol. The van der Waals surface area contributed by atoms with Gasteiger partial charge >= 0.3 is 0 Å². The first-order valence-electron chi connectivity index (χ1n) is 9.26. The third-order valence-electron chi connectivity index (χ3n) is 5.48. The molecule has 128 valence electrons. The molecule has 2 fully saturated rings. The zero-order valence-corrected chi connectivity index (χ0v) is 14.4. The number of carbonyl (C=O) groups excluding carboxylic acids is 1. The van der Waals surface area contributed by atoms with Crippen LogP contribution in [0.3, 0.4) is 0 Å². The molecule has 3 unspecified atom stereocenters. The van der Waals surface area contributed by atoms with Gasteiger partial charge in [-0.3, -0.25) is 4.79 Å². The lowest BCUT2D eigenvalue weighted by molar-refractivity contribution is -0.122. The van der Waals surface area contributed by atoms with Gasteiger partial charge in [-0.25, -0.2) is 0 Å². The minimum atomic E-state index is 0.186. The zero-order chi connectivity index (χ0) is 15.8. The van der Waals surface area contributed by atoms with Crippen molar-refractivity contribution in [3.05, 3.63) is 0 Å². The maximum Gasteiger partial charge on any atom is 0.220 e. The van der Waals surface area contributed by atoms with Crippen LogP contribution in [0.5, 0.6) is 0 Å². The van der Waals surface area contributed by atoms with Gasteiger partial charge < -0.3 is 15.4 Å². The molecule has 1 saturated carbocycles. The SMILES string of the molecule is CC(CC(=O)NCCOC1CCCCC1C)C1CCNCC1. The van der Waals surface area contributed by atoms with E-state index in [4.69, 9.17) is 4.74 Å². The molecule has 1 saturated heterocycles. The zero-order valence-electron chi connectivity index (χ0n) is 14.4. The van der Waals surface area contributed by atoms with Gasteiger partial charge in [0, 0.05) is 13.0 Å². The summed E-state index contributed by atoms with van der Waals surface area (Å²) in [4.78, 5) is 12.0. The van der Waals surface area contributed by atoms with Gasteiger partial charge in [-0.15, -0.1) is 0 Å². The third kappa shape index (κ3) is 5.88. The number of rotatable bonds is 7. The van der Waals surface area contributed by atoms with Crippen LogP contribution in [0.15, 0.2) is 0 Å². The van der Waals surface area contributed by atoms with Crippen LogP contribution in [0.2, 0.25) is 0 Å². The van der Waals surface area contributed by atoms with E-state index in [1.54, 1.807) is 0 Å². The summed E-state index contributed by atoms with van der Waals surface area (Å²) in [5, 5.41) is 6.41.